The first-order chi connectivity index (χ1) is 6.68. The van der Waals surface area contributed by atoms with Crippen molar-refractivity contribution in [3.05, 3.63) is 46.4 Å². The minimum Gasteiger partial charge on any atom is -0.478 e. The van der Waals surface area contributed by atoms with Crippen molar-refractivity contribution in [3.8, 4) is 0 Å². The molecule has 15 heavy (non-hydrogen) atoms. The number of carboxylic acids is 1. The van der Waals surface area contributed by atoms with Gasteiger partial charge in [0.05, 0.1) is 5.56 Å². The Morgan fingerprint density at radius 3 is 2.60 bits per heavy atom. The predicted molar refractivity (Wildman–Crippen MR) is 64.4 cm³/mol. The first-order valence-electron chi connectivity index (χ1n) is 4.10. The molecule has 0 bridgehead atoms. The Kier molecular flexibility index (Phi) is 4.27. The van der Waals surface area contributed by atoms with Gasteiger partial charge in [-0.1, -0.05) is 34.1 Å². The monoisotopic (exact) mass is 455 g/mol. The Bertz CT molecular complexity index is 511. The summed E-state index contributed by atoms with van der Waals surface area (Å²) in [5.41, 5.74) is 0.337. The van der Waals surface area contributed by atoms with Crippen LogP contribution in [0.3, 0.4) is 0 Å². The molecule has 0 amide bonds. The van der Waals surface area contributed by atoms with Gasteiger partial charge in [-0.25, -0.2) is 4.79 Å². The molecule has 0 heterocycles. The summed E-state index contributed by atoms with van der Waals surface area (Å²) in [6, 6.07) is 10.9. The number of carbonyl (C=O) groups is 1. The fraction of sp³-hybridized carbons (Fsp3) is 0. The smallest absolute Gasteiger partial charge is 0.336 e. The summed E-state index contributed by atoms with van der Waals surface area (Å²) in [5.74, 6) is -0.895. The van der Waals surface area contributed by atoms with Crippen LogP contribution in [0.2, 0.25) is 0 Å². The third-order valence-corrected chi connectivity index (χ3v) is 2.57. The molecule has 0 atom stereocenters. The van der Waals surface area contributed by atoms with E-state index in [9.17, 15) is 4.79 Å². The van der Waals surface area contributed by atoms with Crippen molar-refractivity contribution in [2.45, 2.75) is 0 Å². The van der Waals surface area contributed by atoms with Gasteiger partial charge in [-0.05, 0) is 29.0 Å². The first kappa shape index (κ1) is 12.6. The topological polar surface area (TPSA) is 37.3 Å². The molecule has 2 aromatic carbocycles. The minimum atomic E-state index is -0.895. The Balaban J connectivity index is 0.00000112. The molecule has 73 valence electrons. The van der Waals surface area contributed by atoms with Crippen LogP contribution in [0, 0.1) is 0 Å². The quantitative estimate of drug-likeness (QED) is 0.672. The van der Waals surface area contributed by atoms with Crippen LogP contribution in [0.15, 0.2) is 40.9 Å². The maximum absolute atomic E-state index is 10.9. The Labute approximate surface area is 116 Å². The van der Waals surface area contributed by atoms with E-state index in [1.807, 2.05) is 24.3 Å². The number of rotatable bonds is 1. The molecule has 0 aromatic heterocycles. The van der Waals surface area contributed by atoms with E-state index in [1.54, 1.807) is 12.1 Å². The van der Waals surface area contributed by atoms with Gasteiger partial charge in [0, 0.05) is 31.8 Å². The molecule has 0 saturated heterocycles. The van der Waals surface area contributed by atoms with Gasteiger partial charge < -0.3 is 5.11 Å². The van der Waals surface area contributed by atoms with E-state index in [0.29, 0.717) is 5.56 Å². The Hall–Kier alpha value is -0.428. The second-order valence-electron chi connectivity index (χ2n) is 2.98. The number of aromatic carboxylic acids is 1. The van der Waals surface area contributed by atoms with Crippen molar-refractivity contribution in [1.29, 1.82) is 0 Å². The van der Waals surface area contributed by atoms with E-state index in [1.165, 1.54) is 0 Å². The molecule has 0 aliphatic heterocycles. The molecule has 2 nitrogen and oxygen atoms in total. The van der Waals surface area contributed by atoms with Crippen LogP contribution < -0.4 is 0 Å². The van der Waals surface area contributed by atoms with Crippen LogP contribution in [-0.4, -0.2) is 38.4 Å². The number of carboxylic acid groups (broad SMARTS) is 1. The third kappa shape index (κ3) is 2.57. The molecule has 0 aliphatic carbocycles. The van der Waals surface area contributed by atoms with E-state index >= 15 is 0 Å². The third-order valence-electron chi connectivity index (χ3n) is 2.07. The average Bonchev–Trinajstić information content (AvgIpc) is 2.16. The van der Waals surface area contributed by atoms with Crippen molar-refractivity contribution in [3.63, 3.8) is 0 Å². The summed E-state index contributed by atoms with van der Waals surface area (Å²) in [6.07, 6.45) is 0. The number of hydrogen-bond donors (Lipinski definition) is 1. The summed E-state index contributed by atoms with van der Waals surface area (Å²) >= 11 is 3.32. The van der Waals surface area contributed by atoms with E-state index in [-0.39, 0.29) is 27.3 Å². The summed E-state index contributed by atoms with van der Waals surface area (Å²) in [6.45, 7) is 0. The molecule has 0 saturated carbocycles. The summed E-state index contributed by atoms with van der Waals surface area (Å²) < 4.78 is 0.888. The second kappa shape index (κ2) is 5.07. The van der Waals surface area contributed by atoms with Crippen LogP contribution >= 0.6 is 15.9 Å². The normalized spacial score (nSPS) is 9.67. The van der Waals surface area contributed by atoms with Gasteiger partial charge in [-0.3, -0.25) is 0 Å². The zero-order valence-electron chi connectivity index (χ0n) is 7.77. The Morgan fingerprint density at radius 2 is 1.93 bits per heavy atom. The number of hydrogen-bond acceptors (Lipinski definition) is 1. The molecule has 0 spiro atoms. The van der Waals surface area contributed by atoms with Crippen molar-refractivity contribution < 1.29 is 9.90 Å². The number of halogens is 1. The van der Waals surface area contributed by atoms with Crippen LogP contribution in [0.1, 0.15) is 10.4 Å². The molecular weight excluding hydrogens is 448 g/mol. The zero-order chi connectivity index (χ0) is 10.1. The fourth-order valence-electron chi connectivity index (χ4n) is 1.43. The predicted octanol–water partition coefficient (Wildman–Crippen LogP) is 2.92. The van der Waals surface area contributed by atoms with Gasteiger partial charge >= 0.3 is 5.97 Å². The molecular formula is C11H7BrO2Tl. The molecule has 2 rings (SSSR count). The number of fused-ring (bicyclic) bond motifs is 1. The van der Waals surface area contributed by atoms with Gasteiger partial charge in [-0.2, -0.15) is 0 Å². The average molecular weight is 455 g/mol. The summed E-state index contributed by atoms with van der Waals surface area (Å²) in [5, 5.41) is 10.7. The molecule has 0 fully saturated rings. The summed E-state index contributed by atoms with van der Waals surface area (Å²) in [4.78, 5) is 10.9. The second-order valence-corrected chi connectivity index (χ2v) is 3.89. The van der Waals surface area contributed by atoms with Crippen LogP contribution in [-0.2, 0) is 0 Å². The van der Waals surface area contributed by atoms with Gasteiger partial charge in [0.1, 0.15) is 0 Å². The maximum atomic E-state index is 10.9. The van der Waals surface area contributed by atoms with Gasteiger partial charge in [0.2, 0.25) is 0 Å². The molecule has 2 aromatic rings. The largest absolute Gasteiger partial charge is 0.478 e. The molecule has 1 N–H and O–H groups in total. The van der Waals surface area contributed by atoms with Gasteiger partial charge in [0.15, 0.2) is 0 Å². The van der Waals surface area contributed by atoms with Crippen molar-refractivity contribution in [2.24, 2.45) is 0 Å². The van der Waals surface area contributed by atoms with E-state index in [4.69, 9.17) is 5.11 Å². The molecule has 4 heteroatoms. The van der Waals surface area contributed by atoms with Crippen molar-refractivity contribution in [1.82, 2.24) is 0 Å². The molecule has 1 radical (unpaired) electrons. The Morgan fingerprint density at radius 1 is 1.20 bits per heavy atom. The molecule has 0 unspecified atom stereocenters. The van der Waals surface area contributed by atoms with Crippen molar-refractivity contribution in [2.75, 3.05) is 0 Å². The number of benzene rings is 2. The SMILES string of the molecule is O=C(O)c1cccc2ccc(Br)cc12.[Tl]. The fourth-order valence-corrected chi connectivity index (χ4v) is 1.79. The zero-order valence-corrected chi connectivity index (χ0v) is 13.8. The van der Waals surface area contributed by atoms with E-state index in [0.717, 1.165) is 15.2 Å². The van der Waals surface area contributed by atoms with E-state index < -0.39 is 5.97 Å². The van der Waals surface area contributed by atoms with Crippen LogP contribution in [0.25, 0.3) is 10.8 Å². The standard InChI is InChI=1S/C11H7BrO2.Tl/c12-8-5-4-7-2-1-3-9(11(13)14)10(7)6-8;/h1-6H,(H,13,14);. The maximum Gasteiger partial charge on any atom is 0.336 e. The van der Waals surface area contributed by atoms with Gasteiger partial charge in [0.25, 0.3) is 0 Å². The van der Waals surface area contributed by atoms with Crippen LogP contribution in [0.5, 0.6) is 0 Å². The van der Waals surface area contributed by atoms with E-state index in [2.05, 4.69) is 15.9 Å². The van der Waals surface area contributed by atoms with Crippen LogP contribution in [0.4, 0.5) is 0 Å². The summed E-state index contributed by atoms with van der Waals surface area (Å²) in [7, 11) is 0. The van der Waals surface area contributed by atoms with Gasteiger partial charge in [-0.15, -0.1) is 0 Å². The minimum absolute atomic E-state index is 0. The molecule has 0 aliphatic rings. The first-order valence-corrected chi connectivity index (χ1v) is 4.89. The van der Waals surface area contributed by atoms with Crippen molar-refractivity contribution >= 4 is 60.0 Å².